The molecule has 8 heteroatoms. The van der Waals surface area contributed by atoms with Gasteiger partial charge in [0.15, 0.2) is 0 Å². The van der Waals surface area contributed by atoms with Crippen molar-refractivity contribution in [2.75, 3.05) is 18.0 Å². The van der Waals surface area contributed by atoms with Crippen molar-refractivity contribution < 1.29 is 9.59 Å². The Kier molecular flexibility index (Phi) is 7.99. The molecule has 3 heterocycles. The first-order valence-electron chi connectivity index (χ1n) is 13.1. The first-order chi connectivity index (χ1) is 18.0. The molecule has 1 atom stereocenters. The number of benzene rings is 1. The molecule has 2 N–H and O–H groups in total. The van der Waals surface area contributed by atoms with Crippen LogP contribution in [0.4, 0.5) is 5.69 Å². The summed E-state index contributed by atoms with van der Waals surface area (Å²) in [6.07, 6.45) is 7.48. The first kappa shape index (κ1) is 27.1. The van der Waals surface area contributed by atoms with Crippen LogP contribution >= 0.6 is 0 Å². The molecule has 0 aliphatic carbocycles. The van der Waals surface area contributed by atoms with Crippen molar-refractivity contribution in [3.05, 3.63) is 77.9 Å². The van der Waals surface area contributed by atoms with Crippen LogP contribution in [-0.4, -0.2) is 45.7 Å². The zero-order valence-corrected chi connectivity index (χ0v) is 23.0. The van der Waals surface area contributed by atoms with E-state index in [1.165, 1.54) is 0 Å². The molecular formula is C30H38N6O2. The molecular weight excluding hydrogens is 476 g/mol. The minimum Gasteiger partial charge on any atom is -0.368 e. The number of nitrogens with zero attached hydrogens (tertiary/aromatic N) is 4. The van der Waals surface area contributed by atoms with Crippen molar-refractivity contribution in [2.24, 2.45) is 0 Å². The molecule has 2 aromatic heterocycles. The van der Waals surface area contributed by atoms with Crippen LogP contribution in [0.25, 0.3) is 11.1 Å². The summed E-state index contributed by atoms with van der Waals surface area (Å²) in [5.74, 6) is -0.282. The van der Waals surface area contributed by atoms with Crippen LogP contribution in [-0.2, 0) is 16.9 Å². The van der Waals surface area contributed by atoms with Gasteiger partial charge in [-0.1, -0.05) is 24.8 Å². The van der Waals surface area contributed by atoms with Crippen molar-refractivity contribution in [3.63, 3.8) is 0 Å². The normalized spacial score (nSPS) is 15.7. The van der Waals surface area contributed by atoms with E-state index in [0.717, 1.165) is 53.9 Å². The zero-order chi connectivity index (χ0) is 27.4. The first-order valence-corrected chi connectivity index (χ1v) is 13.1. The summed E-state index contributed by atoms with van der Waals surface area (Å²) in [4.78, 5) is 31.5. The van der Waals surface area contributed by atoms with E-state index in [-0.39, 0.29) is 23.4 Å². The number of hydrogen-bond donors (Lipinski definition) is 2. The summed E-state index contributed by atoms with van der Waals surface area (Å²) >= 11 is 0. The van der Waals surface area contributed by atoms with Crippen LogP contribution < -0.4 is 15.5 Å². The molecule has 1 saturated heterocycles. The van der Waals surface area contributed by atoms with E-state index in [1.54, 1.807) is 17.7 Å². The summed E-state index contributed by atoms with van der Waals surface area (Å²) in [7, 11) is 0. The van der Waals surface area contributed by atoms with Gasteiger partial charge in [-0.2, -0.15) is 5.10 Å². The van der Waals surface area contributed by atoms with Crippen molar-refractivity contribution in [3.8, 4) is 11.1 Å². The molecule has 1 aliphatic rings. The SMILES string of the molecule is C=C(C)C(=O)NC1CCCN(c2cnccc2-c2ccc(CNC(=O)c3ccn(C(C)(C)C)n3)c(C)c2)C1. The summed E-state index contributed by atoms with van der Waals surface area (Å²) in [6.45, 7) is 15.7. The van der Waals surface area contributed by atoms with Crippen molar-refractivity contribution >= 4 is 17.5 Å². The maximum atomic E-state index is 12.7. The molecule has 0 saturated carbocycles. The van der Waals surface area contributed by atoms with E-state index in [4.69, 9.17) is 0 Å². The molecule has 4 rings (SSSR count). The van der Waals surface area contributed by atoms with Crippen molar-refractivity contribution in [1.82, 2.24) is 25.4 Å². The second kappa shape index (κ2) is 11.2. The smallest absolute Gasteiger partial charge is 0.272 e. The topological polar surface area (TPSA) is 92.2 Å². The minimum atomic E-state index is -0.189. The summed E-state index contributed by atoms with van der Waals surface area (Å²) in [5.41, 5.74) is 6.14. The number of piperidine rings is 1. The van der Waals surface area contributed by atoms with Gasteiger partial charge in [0.1, 0.15) is 5.69 Å². The number of rotatable bonds is 7. The van der Waals surface area contributed by atoms with Crippen LogP contribution in [0.1, 0.15) is 62.2 Å². The number of anilines is 1. The van der Waals surface area contributed by atoms with E-state index in [9.17, 15) is 9.59 Å². The Morgan fingerprint density at radius 3 is 2.66 bits per heavy atom. The third kappa shape index (κ3) is 6.30. The van der Waals surface area contributed by atoms with Crippen LogP contribution in [0.5, 0.6) is 0 Å². The Morgan fingerprint density at radius 1 is 1.18 bits per heavy atom. The highest BCUT2D eigenvalue weighted by Crippen LogP contribution is 2.33. The Morgan fingerprint density at radius 2 is 1.97 bits per heavy atom. The molecule has 0 bridgehead atoms. The van der Waals surface area contributed by atoms with Gasteiger partial charge in [-0.05, 0) is 76.3 Å². The van der Waals surface area contributed by atoms with Crippen LogP contribution in [0.2, 0.25) is 0 Å². The van der Waals surface area contributed by atoms with E-state index < -0.39 is 0 Å². The van der Waals surface area contributed by atoms with Gasteiger partial charge in [-0.15, -0.1) is 0 Å². The predicted molar refractivity (Wildman–Crippen MR) is 151 cm³/mol. The third-order valence-electron chi connectivity index (χ3n) is 6.89. The summed E-state index contributed by atoms with van der Waals surface area (Å²) < 4.78 is 1.80. The summed E-state index contributed by atoms with van der Waals surface area (Å²) in [5, 5.41) is 10.5. The lowest BCUT2D eigenvalue weighted by Crippen LogP contribution is -2.48. The molecule has 1 fully saturated rings. The molecule has 8 nitrogen and oxygen atoms in total. The molecule has 200 valence electrons. The Labute approximate surface area is 225 Å². The number of carbonyl (C=O) groups excluding carboxylic acids is 2. The summed E-state index contributed by atoms with van der Waals surface area (Å²) in [6, 6.07) is 10.2. The van der Waals surface area contributed by atoms with Gasteiger partial charge in [-0.3, -0.25) is 19.3 Å². The molecule has 38 heavy (non-hydrogen) atoms. The molecule has 3 aromatic rings. The van der Waals surface area contributed by atoms with Gasteiger partial charge in [0, 0.05) is 49.2 Å². The van der Waals surface area contributed by atoms with E-state index in [0.29, 0.717) is 17.8 Å². The highest BCUT2D eigenvalue weighted by atomic mass is 16.2. The lowest BCUT2D eigenvalue weighted by molar-refractivity contribution is -0.118. The number of carbonyl (C=O) groups is 2. The standard InChI is InChI=1S/C30H38N6O2/c1-20(2)28(37)33-24-8-7-14-35(19-24)27-18-31-13-11-25(27)22-9-10-23(21(3)16-22)17-32-29(38)26-12-15-36(34-26)30(4,5)6/h9-13,15-16,18,24H,1,7-8,14,17,19H2,2-6H3,(H,32,38)(H,33,37). The molecule has 1 aliphatic heterocycles. The van der Waals surface area contributed by atoms with Gasteiger partial charge < -0.3 is 15.5 Å². The average Bonchev–Trinajstić information content (AvgIpc) is 3.39. The van der Waals surface area contributed by atoms with Gasteiger partial charge in [-0.25, -0.2) is 0 Å². The quantitative estimate of drug-likeness (QED) is 0.450. The fourth-order valence-electron chi connectivity index (χ4n) is 4.65. The number of hydrogen-bond acceptors (Lipinski definition) is 5. The lowest BCUT2D eigenvalue weighted by atomic mass is 9.97. The van der Waals surface area contributed by atoms with Crippen LogP contribution in [0.3, 0.4) is 0 Å². The van der Waals surface area contributed by atoms with E-state index in [2.05, 4.69) is 57.3 Å². The fourth-order valence-corrected chi connectivity index (χ4v) is 4.65. The van der Waals surface area contributed by atoms with Gasteiger partial charge in [0.25, 0.3) is 5.91 Å². The average molecular weight is 515 g/mol. The maximum absolute atomic E-state index is 12.7. The second-order valence-electron chi connectivity index (χ2n) is 11.1. The Bertz CT molecular complexity index is 1340. The van der Waals surface area contributed by atoms with E-state index >= 15 is 0 Å². The monoisotopic (exact) mass is 514 g/mol. The van der Waals surface area contributed by atoms with Gasteiger partial charge in [0.05, 0.1) is 17.4 Å². The number of aryl methyl sites for hydroxylation is 1. The van der Waals surface area contributed by atoms with Crippen molar-refractivity contribution in [2.45, 2.75) is 65.6 Å². The molecule has 1 unspecified atom stereocenters. The maximum Gasteiger partial charge on any atom is 0.272 e. The largest absolute Gasteiger partial charge is 0.368 e. The second-order valence-corrected chi connectivity index (χ2v) is 11.1. The molecule has 1 aromatic carbocycles. The van der Waals surface area contributed by atoms with Crippen molar-refractivity contribution in [1.29, 1.82) is 0 Å². The number of amides is 2. The zero-order valence-electron chi connectivity index (χ0n) is 23.0. The minimum absolute atomic E-state index is 0.0727. The molecule has 0 radical (unpaired) electrons. The molecule has 0 spiro atoms. The van der Waals surface area contributed by atoms with Crippen LogP contribution in [0.15, 0.2) is 61.1 Å². The number of pyridine rings is 1. The Balaban J connectivity index is 1.46. The van der Waals surface area contributed by atoms with E-state index in [1.807, 2.05) is 45.4 Å². The number of nitrogens with one attached hydrogen (secondary N) is 2. The molecule has 2 amide bonds. The highest BCUT2D eigenvalue weighted by molar-refractivity contribution is 5.92. The van der Waals surface area contributed by atoms with Crippen LogP contribution in [0, 0.1) is 6.92 Å². The third-order valence-corrected chi connectivity index (χ3v) is 6.89. The van der Waals surface area contributed by atoms with Gasteiger partial charge in [0.2, 0.25) is 5.91 Å². The Hall–Kier alpha value is -3.94. The highest BCUT2D eigenvalue weighted by Gasteiger charge is 2.24. The predicted octanol–water partition coefficient (Wildman–Crippen LogP) is 4.60. The van der Waals surface area contributed by atoms with Gasteiger partial charge >= 0.3 is 0 Å². The lowest BCUT2D eigenvalue weighted by Gasteiger charge is -2.35. The fraction of sp³-hybridized carbons (Fsp3) is 0.400. The number of aromatic nitrogens is 3.